The zero-order valence-electron chi connectivity index (χ0n) is 24.7. The highest BCUT2D eigenvalue weighted by molar-refractivity contribution is 8.26. The first-order valence-electron chi connectivity index (χ1n) is 14.2. The van der Waals surface area contributed by atoms with E-state index in [1.54, 1.807) is 36.7 Å². The Hall–Kier alpha value is -3.29. The second-order valence-electron chi connectivity index (χ2n) is 9.89. The fourth-order valence-electron chi connectivity index (χ4n) is 4.89. The number of methoxy groups -OCH3 is 2. The number of rotatable bonds is 15. The van der Waals surface area contributed by atoms with E-state index >= 15 is 0 Å². The molecule has 2 heterocycles. The SMILES string of the molecule is CCCCCCCCN1C(=O)/C(=C\c2c(C)c(C#N)c(=O)n(CC)c2NCCc2ccc(OC)c(OC)c2)SC1=S. The third-order valence-corrected chi connectivity index (χ3v) is 8.61. The fraction of sp³-hybridized carbons (Fsp3) is 0.484. The number of benzene rings is 1. The normalized spacial score (nSPS) is 14.0. The number of anilines is 1. The van der Waals surface area contributed by atoms with Crippen LogP contribution in [0.2, 0.25) is 0 Å². The topological polar surface area (TPSA) is 96.6 Å². The molecule has 1 aromatic carbocycles. The van der Waals surface area contributed by atoms with Crippen LogP contribution in [0, 0.1) is 18.3 Å². The van der Waals surface area contributed by atoms with E-state index in [0.717, 1.165) is 24.8 Å². The smallest absolute Gasteiger partial charge is 0.270 e. The maximum absolute atomic E-state index is 13.4. The van der Waals surface area contributed by atoms with Gasteiger partial charge in [-0.25, -0.2) is 0 Å². The van der Waals surface area contributed by atoms with Gasteiger partial charge in [-0.15, -0.1) is 0 Å². The summed E-state index contributed by atoms with van der Waals surface area (Å²) in [6.45, 7) is 7.29. The van der Waals surface area contributed by atoms with Crippen molar-refractivity contribution < 1.29 is 14.3 Å². The molecule has 0 bridgehead atoms. The van der Waals surface area contributed by atoms with Crippen molar-refractivity contribution in [3.05, 3.63) is 55.7 Å². The number of thiocarbonyl (C=S) groups is 1. The highest BCUT2D eigenvalue weighted by atomic mass is 32.2. The number of nitrogens with zero attached hydrogens (tertiary/aromatic N) is 3. The summed E-state index contributed by atoms with van der Waals surface area (Å²) in [4.78, 5) is 28.7. The lowest BCUT2D eigenvalue weighted by atomic mass is 10.0. The molecule has 220 valence electrons. The van der Waals surface area contributed by atoms with E-state index in [0.29, 0.717) is 63.7 Å². The molecule has 1 saturated heterocycles. The zero-order chi connectivity index (χ0) is 29.9. The van der Waals surface area contributed by atoms with Crippen molar-refractivity contribution >= 4 is 46.1 Å². The van der Waals surface area contributed by atoms with E-state index < -0.39 is 0 Å². The molecule has 1 aromatic heterocycles. The van der Waals surface area contributed by atoms with Crippen LogP contribution < -0.4 is 20.3 Å². The number of ether oxygens (including phenoxy) is 2. The van der Waals surface area contributed by atoms with E-state index in [1.807, 2.05) is 25.1 Å². The predicted molar refractivity (Wildman–Crippen MR) is 171 cm³/mol. The number of thioether (sulfide) groups is 1. The van der Waals surface area contributed by atoms with Crippen molar-refractivity contribution in [3.63, 3.8) is 0 Å². The van der Waals surface area contributed by atoms with Gasteiger partial charge in [0.25, 0.3) is 11.5 Å². The van der Waals surface area contributed by atoms with Gasteiger partial charge in [0.1, 0.15) is 21.8 Å². The number of amides is 1. The molecule has 3 rings (SSSR count). The molecule has 0 saturated carbocycles. The average Bonchev–Trinajstić information content (AvgIpc) is 3.24. The van der Waals surface area contributed by atoms with Crippen LogP contribution in [0.1, 0.15) is 74.6 Å². The van der Waals surface area contributed by atoms with Gasteiger partial charge in [-0.2, -0.15) is 5.26 Å². The first kappa shape index (κ1) is 32.2. The van der Waals surface area contributed by atoms with Gasteiger partial charge in [0.05, 0.1) is 19.1 Å². The van der Waals surface area contributed by atoms with Gasteiger partial charge in [-0.3, -0.25) is 19.1 Å². The summed E-state index contributed by atoms with van der Waals surface area (Å²) in [5.41, 5.74) is 1.94. The lowest BCUT2D eigenvalue weighted by Crippen LogP contribution is -2.29. The summed E-state index contributed by atoms with van der Waals surface area (Å²) in [7, 11) is 3.20. The average molecular weight is 597 g/mol. The minimum atomic E-state index is -0.353. The monoisotopic (exact) mass is 596 g/mol. The number of carbonyl (C=O) groups excluding carboxylic acids is 1. The summed E-state index contributed by atoms with van der Waals surface area (Å²) in [6.07, 6.45) is 9.21. The van der Waals surface area contributed by atoms with Crippen LogP contribution in [0.5, 0.6) is 11.5 Å². The van der Waals surface area contributed by atoms with Crippen LogP contribution in [0.25, 0.3) is 6.08 Å². The van der Waals surface area contributed by atoms with Crippen molar-refractivity contribution in [3.8, 4) is 17.6 Å². The minimum absolute atomic E-state index is 0.0751. The second kappa shape index (κ2) is 15.6. The summed E-state index contributed by atoms with van der Waals surface area (Å²) in [5.74, 6) is 1.75. The van der Waals surface area contributed by atoms with Gasteiger partial charge in [-0.05, 0) is 56.0 Å². The third-order valence-electron chi connectivity index (χ3n) is 7.23. The van der Waals surface area contributed by atoms with Gasteiger partial charge in [-0.1, -0.05) is 69.1 Å². The van der Waals surface area contributed by atoms with E-state index in [2.05, 4.69) is 18.3 Å². The molecule has 1 amide bonds. The van der Waals surface area contributed by atoms with Crippen molar-refractivity contribution in [1.29, 1.82) is 5.26 Å². The molecule has 8 nitrogen and oxygen atoms in total. The molecule has 41 heavy (non-hydrogen) atoms. The van der Waals surface area contributed by atoms with Crippen LogP contribution >= 0.6 is 24.0 Å². The highest BCUT2D eigenvalue weighted by Gasteiger charge is 2.32. The van der Waals surface area contributed by atoms with E-state index in [9.17, 15) is 14.9 Å². The van der Waals surface area contributed by atoms with Crippen LogP contribution in [-0.4, -0.2) is 47.0 Å². The molecule has 0 unspecified atom stereocenters. The van der Waals surface area contributed by atoms with Crippen LogP contribution in [0.15, 0.2) is 27.9 Å². The van der Waals surface area contributed by atoms with Crippen molar-refractivity contribution in [2.45, 2.75) is 72.3 Å². The fourth-order valence-corrected chi connectivity index (χ4v) is 6.18. The predicted octanol–water partition coefficient (Wildman–Crippen LogP) is 6.28. The lowest BCUT2D eigenvalue weighted by Gasteiger charge is -2.19. The first-order chi connectivity index (χ1) is 19.8. The van der Waals surface area contributed by atoms with Crippen LogP contribution in [-0.2, 0) is 17.8 Å². The minimum Gasteiger partial charge on any atom is -0.493 e. The van der Waals surface area contributed by atoms with Gasteiger partial charge in [0.2, 0.25) is 0 Å². The standard InChI is InChI=1S/C31H40N4O4S2/c1-6-8-9-10-11-12-17-35-30(37)27(41-31(35)40)19-23-21(3)24(20-32)29(36)34(7-2)28(23)33-16-15-22-13-14-25(38-4)26(18-22)39-5/h13-14,18-19,33H,6-12,15-17H2,1-5H3/b27-19+. The summed E-state index contributed by atoms with van der Waals surface area (Å²) in [5, 5.41) is 13.2. The number of carbonyl (C=O) groups is 1. The summed E-state index contributed by atoms with van der Waals surface area (Å²) in [6, 6.07) is 7.82. The summed E-state index contributed by atoms with van der Waals surface area (Å²) >= 11 is 6.83. The molecule has 1 fully saturated rings. The Bertz CT molecular complexity index is 1390. The molecule has 0 radical (unpaired) electrons. The molecule has 0 aliphatic carbocycles. The quantitative estimate of drug-likeness (QED) is 0.146. The van der Waals surface area contributed by atoms with Crippen molar-refractivity contribution in [2.24, 2.45) is 0 Å². The summed E-state index contributed by atoms with van der Waals surface area (Å²) < 4.78 is 12.9. The number of nitrogens with one attached hydrogen (secondary N) is 1. The van der Waals surface area contributed by atoms with Gasteiger partial charge in [0.15, 0.2) is 11.5 Å². The molecule has 1 aliphatic rings. The van der Waals surface area contributed by atoms with Gasteiger partial charge >= 0.3 is 0 Å². The Balaban J connectivity index is 1.88. The molecular formula is C31H40N4O4S2. The molecular weight excluding hydrogens is 556 g/mol. The third kappa shape index (κ3) is 7.72. The number of aromatic nitrogens is 1. The second-order valence-corrected chi connectivity index (χ2v) is 11.6. The lowest BCUT2D eigenvalue weighted by molar-refractivity contribution is -0.122. The van der Waals surface area contributed by atoms with E-state index in [1.165, 1.54) is 31.0 Å². The van der Waals surface area contributed by atoms with E-state index in [4.69, 9.17) is 21.7 Å². The van der Waals surface area contributed by atoms with Gasteiger partial charge < -0.3 is 14.8 Å². The largest absolute Gasteiger partial charge is 0.493 e. The Labute approximate surface area is 252 Å². The Morgan fingerprint density at radius 3 is 2.44 bits per heavy atom. The number of nitriles is 1. The molecule has 10 heteroatoms. The Morgan fingerprint density at radius 1 is 1.07 bits per heavy atom. The first-order valence-corrected chi connectivity index (χ1v) is 15.4. The van der Waals surface area contributed by atoms with Crippen LogP contribution in [0.3, 0.4) is 0 Å². The molecule has 0 spiro atoms. The van der Waals surface area contributed by atoms with Crippen LogP contribution in [0.4, 0.5) is 5.82 Å². The molecule has 1 aliphatic heterocycles. The Kier molecular flexibility index (Phi) is 12.3. The van der Waals surface area contributed by atoms with E-state index in [-0.39, 0.29) is 17.0 Å². The van der Waals surface area contributed by atoms with Crippen molar-refractivity contribution in [1.82, 2.24) is 9.47 Å². The number of hydrogen-bond donors (Lipinski definition) is 1. The molecule has 1 N–H and O–H groups in total. The number of hydrogen-bond acceptors (Lipinski definition) is 8. The Morgan fingerprint density at radius 2 is 1.78 bits per heavy atom. The maximum Gasteiger partial charge on any atom is 0.270 e. The number of unbranched alkanes of at least 4 members (excludes halogenated alkanes) is 5. The van der Waals surface area contributed by atoms with Crippen molar-refractivity contribution in [2.75, 3.05) is 32.6 Å². The zero-order valence-corrected chi connectivity index (χ0v) is 26.3. The van der Waals surface area contributed by atoms with Gasteiger partial charge in [0, 0.05) is 25.2 Å². The molecule has 0 atom stereocenters. The maximum atomic E-state index is 13.4. The molecule has 2 aromatic rings. The highest BCUT2D eigenvalue weighted by Crippen LogP contribution is 2.35. The number of pyridine rings is 1.